The zero-order chi connectivity index (χ0) is 21.3. The van der Waals surface area contributed by atoms with E-state index in [0.717, 1.165) is 33.2 Å². The molecule has 4 rings (SSSR count). The molecule has 0 amide bonds. The average molecular weight is 475 g/mol. The van der Waals surface area contributed by atoms with Gasteiger partial charge in [-0.3, -0.25) is 4.98 Å². The zero-order valence-electron chi connectivity index (χ0n) is 16.8. The number of aryl methyl sites for hydroxylation is 1. The van der Waals surface area contributed by atoms with E-state index in [1.165, 1.54) is 4.21 Å². The van der Waals surface area contributed by atoms with Crippen LogP contribution in [0, 0.1) is 6.92 Å². The maximum Gasteiger partial charge on any atom is 0.211 e. The van der Waals surface area contributed by atoms with Crippen LogP contribution in [0.15, 0.2) is 53.1 Å². The number of halogens is 2. The highest BCUT2D eigenvalue weighted by atomic mass is 35.5. The molecule has 0 N–H and O–H groups in total. The summed E-state index contributed by atoms with van der Waals surface area (Å²) < 4.78 is 3.05. The fourth-order valence-electron chi connectivity index (χ4n) is 3.02. The fraction of sp³-hybridized carbons (Fsp3) is 0.227. The van der Waals surface area contributed by atoms with Crippen molar-refractivity contribution in [2.24, 2.45) is 0 Å². The van der Waals surface area contributed by atoms with Gasteiger partial charge in [-0.25, -0.2) is 9.67 Å². The highest BCUT2D eigenvalue weighted by Crippen LogP contribution is 2.39. The number of hydrogen-bond donors (Lipinski definition) is 0. The molecule has 30 heavy (non-hydrogen) atoms. The Hall–Kier alpha value is -1.86. The molecule has 0 aliphatic rings. The number of nitrogens with zero attached hydrogens (tertiary/aromatic N) is 4. The summed E-state index contributed by atoms with van der Waals surface area (Å²) in [5.41, 5.74) is 5.13. The van der Waals surface area contributed by atoms with Gasteiger partial charge < -0.3 is 0 Å². The Morgan fingerprint density at radius 3 is 2.57 bits per heavy atom. The van der Waals surface area contributed by atoms with E-state index in [0.29, 0.717) is 21.7 Å². The van der Waals surface area contributed by atoms with Crippen molar-refractivity contribution in [3.63, 3.8) is 0 Å². The van der Waals surface area contributed by atoms with E-state index in [4.69, 9.17) is 33.3 Å². The maximum atomic E-state index is 6.37. The lowest BCUT2D eigenvalue weighted by atomic mass is 10.1. The number of rotatable bonds is 6. The summed E-state index contributed by atoms with van der Waals surface area (Å²) in [4.78, 5) is 9.05. The first-order valence-electron chi connectivity index (χ1n) is 9.48. The van der Waals surface area contributed by atoms with Crippen LogP contribution in [-0.4, -0.2) is 25.0 Å². The lowest BCUT2D eigenvalue weighted by Gasteiger charge is -2.04. The number of thiazole rings is 1. The molecule has 0 aliphatic heterocycles. The molecule has 4 aromatic rings. The molecule has 0 aliphatic carbocycles. The van der Waals surface area contributed by atoms with Gasteiger partial charge >= 0.3 is 0 Å². The Bertz CT molecular complexity index is 1170. The van der Waals surface area contributed by atoms with Crippen molar-refractivity contribution in [3.05, 3.63) is 75.8 Å². The van der Waals surface area contributed by atoms with Crippen LogP contribution >= 0.6 is 46.3 Å². The summed E-state index contributed by atoms with van der Waals surface area (Å²) in [6.07, 6.45) is 6.33. The molecule has 0 unspecified atom stereocenters. The molecule has 3 heterocycles. The largest absolute Gasteiger partial charge is 0.265 e. The Kier molecular flexibility index (Phi) is 6.48. The van der Waals surface area contributed by atoms with Crippen molar-refractivity contribution in [3.8, 4) is 16.4 Å². The molecular formula is C22H20Cl2N4S2. The summed E-state index contributed by atoms with van der Waals surface area (Å²) in [5, 5.41) is 7.34. The SMILES string of the molecule is Cc1nn(-c2nc(-c3ccncc3)c(SC(C)C)s2)cc1Cc1ccc(Cl)cc1Cl. The van der Waals surface area contributed by atoms with Crippen LogP contribution in [-0.2, 0) is 6.42 Å². The molecule has 154 valence electrons. The third-order valence-electron chi connectivity index (χ3n) is 4.47. The van der Waals surface area contributed by atoms with E-state index in [1.807, 2.05) is 53.8 Å². The Balaban J connectivity index is 1.69. The van der Waals surface area contributed by atoms with Crippen molar-refractivity contribution >= 4 is 46.3 Å². The second-order valence-corrected chi connectivity index (χ2v) is 10.8. The molecule has 0 spiro atoms. The molecule has 1 aromatic carbocycles. The molecule has 0 fully saturated rings. The lowest BCUT2D eigenvalue weighted by Crippen LogP contribution is -1.94. The van der Waals surface area contributed by atoms with E-state index in [2.05, 4.69) is 18.8 Å². The first-order valence-corrected chi connectivity index (χ1v) is 11.9. The van der Waals surface area contributed by atoms with Crippen LogP contribution in [0.25, 0.3) is 16.4 Å². The fourth-order valence-corrected chi connectivity index (χ4v) is 5.94. The Labute approximate surface area is 194 Å². The van der Waals surface area contributed by atoms with Crippen LogP contribution in [0.4, 0.5) is 0 Å². The van der Waals surface area contributed by atoms with Crippen molar-refractivity contribution in [2.75, 3.05) is 0 Å². The highest BCUT2D eigenvalue weighted by molar-refractivity contribution is 8.01. The second kappa shape index (κ2) is 9.10. The van der Waals surface area contributed by atoms with E-state index in [9.17, 15) is 0 Å². The van der Waals surface area contributed by atoms with E-state index < -0.39 is 0 Å². The maximum absolute atomic E-state index is 6.37. The van der Waals surface area contributed by atoms with Crippen molar-refractivity contribution < 1.29 is 0 Å². The van der Waals surface area contributed by atoms with Crippen LogP contribution < -0.4 is 0 Å². The predicted molar refractivity (Wildman–Crippen MR) is 127 cm³/mol. The molecule has 0 saturated carbocycles. The topological polar surface area (TPSA) is 43.6 Å². The first kappa shape index (κ1) is 21.4. The monoisotopic (exact) mass is 474 g/mol. The third-order valence-corrected chi connectivity index (χ3v) is 7.32. The van der Waals surface area contributed by atoms with E-state index in [-0.39, 0.29) is 0 Å². The minimum Gasteiger partial charge on any atom is -0.265 e. The van der Waals surface area contributed by atoms with Crippen molar-refractivity contribution in [2.45, 2.75) is 36.7 Å². The molecule has 0 atom stereocenters. The van der Waals surface area contributed by atoms with Gasteiger partial charge in [0.2, 0.25) is 5.13 Å². The number of benzene rings is 1. The molecule has 0 radical (unpaired) electrons. The van der Waals surface area contributed by atoms with Gasteiger partial charge in [-0.2, -0.15) is 5.10 Å². The van der Waals surface area contributed by atoms with E-state index in [1.54, 1.807) is 29.8 Å². The molecule has 8 heteroatoms. The average Bonchev–Trinajstić information content (AvgIpc) is 3.28. The van der Waals surface area contributed by atoms with Crippen LogP contribution in [0.1, 0.15) is 30.7 Å². The van der Waals surface area contributed by atoms with Crippen molar-refractivity contribution in [1.29, 1.82) is 0 Å². The molecular weight excluding hydrogens is 455 g/mol. The van der Waals surface area contributed by atoms with Gasteiger partial charge in [-0.1, -0.05) is 54.5 Å². The Morgan fingerprint density at radius 2 is 1.87 bits per heavy atom. The molecule has 0 bridgehead atoms. The van der Waals surface area contributed by atoms with Gasteiger partial charge in [-0.05, 0) is 42.3 Å². The standard InChI is InChI=1S/C22H20Cl2N4S2/c1-13(2)29-21-20(15-6-8-25-9-7-15)26-22(30-21)28-12-17(14(3)27-28)10-16-4-5-18(23)11-19(16)24/h4-9,11-13H,10H2,1-3H3. The van der Waals surface area contributed by atoms with Gasteiger partial charge in [0.15, 0.2) is 0 Å². The van der Waals surface area contributed by atoms with Gasteiger partial charge in [0.25, 0.3) is 0 Å². The van der Waals surface area contributed by atoms with Crippen LogP contribution in [0.3, 0.4) is 0 Å². The Morgan fingerprint density at radius 1 is 1.10 bits per heavy atom. The van der Waals surface area contributed by atoms with Gasteiger partial charge in [-0.15, -0.1) is 11.8 Å². The summed E-state index contributed by atoms with van der Waals surface area (Å²) in [5.74, 6) is 0. The first-order chi connectivity index (χ1) is 14.4. The number of hydrogen-bond acceptors (Lipinski definition) is 5. The molecule has 0 saturated heterocycles. The smallest absolute Gasteiger partial charge is 0.211 e. The lowest BCUT2D eigenvalue weighted by molar-refractivity contribution is 0.853. The van der Waals surface area contributed by atoms with Gasteiger partial charge in [0.1, 0.15) is 0 Å². The predicted octanol–water partition coefficient (Wildman–Crippen LogP) is 7.10. The van der Waals surface area contributed by atoms with Gasteiger partial charge in [0, 0.05) is 45.9 Å². The van der Waals surface area contributed by atoms with Crippen molar-refractivity contribution in [1.82, 2.24) is 19.7 Å². The zero-order valence-corrected chi connectivity index (χ0v) is 19.9. The summed E-state index contributed by atoms with van der Waals surface area (Å²) in [6.45, 7) is 6.38. The van der Waals surface area contributed by atoms with E-state index >= 15 is 0 Å². The molecule has 3 aromatic heterocycles. The molecule has 4 nitrogen and oxygen atoms in total. The number of aromatic nitrogens is 4. The summed E-state index contributed by atoms with van der Waals surface area (Å²) >= 11 is 15.9. The number of thioether (sulfide) groups is 1. The minimum atomic E-state index is 0.459. The minimum absolute atomic E-state index is 0.459. The quantitative estimate of drug-likeness (QED) is 0.279. The highest BCUT2D eigenvalue weighted by Gasteiger charge is 2.18. The van der Waals surface area contributed by atoms with Gasteiger partial charge in [0.05, 0.1) is 15.6 Å². The normalized spacial score (nSPS) is 11.4. The summed E-state index contributed by atoms with van der Waals surface area (Å²) in [7, 11) is 0. The van der Waals surface area contributed by atoms with Crippen LogP contribution in [0.5, 0.6) is 0 Å². The summed E-state index contributed by atoms with van der Waals surface area (Å²) in [6, 6.07) is 9.58. The van der Waals surface area contributed by atoms with Crippen LogP contribution in [0.2, 0.25) is 10.0 Å². The number of pyridine rings is 1. The third kappa shape index (κ3) is 4.72. The second-order valence-electron chi connectivity index (χ2n) is 7.13.